The first kappa shape index (κ1) is 13.5. The van der Waals surface area contributed by atoms with E-state index < -0.39 is 0 Å². The highest BCUT2D eigenvalue weighted by molar-refractivity contribution is 9.11. The Morgan fingerprint density at radius 2 is 1.95 bits per heavy atom. The lowest BCUT2D eigenvalue weighted by atomic mass is 10.2. The number of halogens is 2. The Balaban J connectivity index is 2.27. The minimum absolute atomic E-state index is 0.441. The van der Waals surface area contributed by atoms with E-state index in [9.17, 15) is 0 Å². The SMILES string of the molecule is COc1ccc2c(c1)nc(N)n2-c1ccc(Br)cc1Br. The van der Waals surface area contributed by atoms with Crippen LogP contribution in [0.1, 0.15) is 0 Å². The normalized spacial score (nSPS) is 10.9. The molecule has 0 spiro atoms. The summed E-state index contributed by atoms with van der Waals surface area (Å²) >= 11 is 7.00. The topological polar surface area (TPSA) is 53.1 Å². The van der Waals surface area contributed by atoms with E-state index >= 15 is 0 Å². The van der Waals surface area contributed by atoms with E-state index in [1.54, 1.807) is 7.11 Å². The molecule has 3 rings (SSSR count). The van der Waals surface area contributed by atoms with Crippen LogP contribution in [0.15, 0.2) is 45.3 Å². The third kappa shape index (κ3) is 2.19. The molecule has 2 N–H and O–H groups in total. The molecule has 2 aromatic carbocycles. The highest BCUT2D eigenvalue weighted by Gasteiger charge is 2.13. The number of imidazole rings is 1. The quantitative estimate of drug-likeness (QED) is 0.708. The number of benzene rings is 2. The Hall–Kier alpha value is -1.53. The number of rotatable bonds is 2. The maximum atomic E-state index is 6.06. The molecule has 0 saturated carbocycles. The summed E-state index contributed by atoms with van der Waals surface area (Å²) in [6, 6.07) is 11.6. The van der Waals surface area contributed by atoms with Crippen LogP contribution in [0.3, 0.4) is 0 Å². The minimum Gasteiger partial charge on any atom is -0.497 e. The van der Waals surface area contributed by atoms with Gasteiger partial charge in [-0.05, 0) is 46.3 Å². The fraction of sp³-hybridized carbons (Fsp3) is 0.0714. The van der Waals surface area contributed by atoms with Crippen molar-refractivity contribution in [1.82, 2.24) is 9.55 Å². The monoisotopic (exact) mass is 395 g/mol. The maximum absolute atomic E-state index is 6.06. The number of anilines is 1. The average Bonchev–Trinajstić information content (AvgIpc) is 2.74. The second-order valence-corrected chi connectivity index (χ2v) is 6.03. The number of nitrogen functional groups attached to an aromatic ring is 1. The van der Waals surface area contributed by atoms with Gasteiger partial charge in [-0.3, -0.25) is 4.57 Å². The first-order chi connectivity index (χ1) is 9.60. The van der Waals surface area contributed by atoms with Gasteiger partial charge in [-0.15, -0.1) is 0 Å². The van der Waals surface area contributed by atoms with Crippen molar-refractivity contribution in [2.45, 2.75) is 0 Å². The zero-order valence-corrected chi connectivity index (χ0v) is 13.8. The van der Waals surface area contributed by atoms with Crippen molar-refractivity contribution >= 4 is 48.8 Å². The lowest BCUT2D eigenvalue weighted by Gasteiger charge is -2.09. The van der Waals surface area contributed by atoms with E-state index in [1.807, 2.05) is 41.0 Å². The zero-order valence-electron chi connectivity index (χ0n) is 10.6. The van der Waals surface area contributed by atoms with Crippen LogP contribution in [0.4, 0.5) is 5.95 Å². The molecular weight excluding hydrogens is 386 g/mol. The Morgan fingerprint density at radius 3 is 2.65 bits per heavy atom. The van der Waals surface area contributed by atoms with E-state index in [2.05, 4.69) is 36.8 Å². The number of nitrogens with two attached hydrogens (primary N) is 1. The van der Waals surface area contributed by atoms with Gasteiger partial charge in [0.2, 0.25) is 5.95 Å². The van der Waals surface area contributed by atoms with Gasteiger partial charge in [0.1, 0.15) is 5.75 Å². The standard InChI is InChI=1S/C14H11Br2N3O/c1-20-9-3-5-13-11(7-9)18-14(17)19(13)12-4-2-8(15)6-10(12)16/h2-7H,1H3,(H2,17,18). The molecule has 0 atom stereocenters. The van der Waals surface area contributed by atoms with Gasteiger partial charge in [-0.1, -0.05) is 15.9 Å². The van der Waals surface area contributed by atoms with Crippen molar-refractivity contribution in [3.8, 4) is 11.4 Å². The van der Waals surface area contributed by atoms with Crippen molar-refractivity contribution in [2.75, 3.05) is 12.8 Å². The highest BCUT2D eigenvalue weighted by atomic mass is 79.9. The molecule has 0 amide bonds. The van der Waals surface area contributed by atoms with Crippen molar-refractivity contribution in [3.63, 3.8) is 0 Å². The van der Waals surface area contributed by atoms with Gasteiger partial charge in [0.05, 0.1) is 23.8 Å². The summed E-state index contributed by atoms with van der Waals surface area (Å²) in [4.78, 5) is 4.39. The lowest BCUT2D eigenvalue weighted by molar-refractivity contribution is 0.415. The smallest absolute Gasteiger partial charge is 0.205 e. The predicted octanol–water partition coefficient (Wildman–Crippen LogP) is 4.14. The van der Waals surface area contributed by atoms with E-state index in [-0.39, 0.29) is 0 Å². The van der Waals surface area contributed by atoms with Crippen LogP contribution in [0.5, 0.6) is 5.75 Å². The fourth-order valence-corrected chi connectivity index (χ4v) is 3.35. The Kier molecular flexibility index (Phi) is 3.43. The van der Waals surface area contributed by atoms with E-state index in [4.69, 9.17) is 10.5 Å². The summed E-state index contributed by atoms with van der Waals surface area (Å²) in [6.45, 7) is 0. The van der Waals surface area contributed by atoms with Crippen molar-refractivity contribution < 1.29 is 4.74 Å². The molecule has 4 nitrogen and oxygen atoms in total. The predicted molar refractivity (Wildman–Crippen MR) is 87.4 cm³/mol. The number of fused-ring (bicyclic) bond motifs is 1. The van der Waals surface area contributed by atoms with Crippen LogP contribution in [-0.4, -0.2) is 16.7 Å². The molecule has 0 fully saturated rings. The molecule has 102 valence electrons. The molecule has 20 heavy (non-hydrogen) atoms. The van der Waals surface area contributed by atoms with E-state index in [1.165, 1.54) is 0 Å². The van der Waals surface area contributed by atoms with Gasteiger partial charge in [-0.25, -0.2) is 4.98 Å². The third-order valence-corrected chi connectivity index (χ3v) is 4.17. The summed E-state index contributed by atoms with van der Waals surface area (Å²) in [7, 11) is 1.63. The largest absolute Gasteiger partial charge is 0.497 e. The Bertz CT molecular complexity index is 798. The molecule has 1 heterocycles. The lowest BCUT2D eigenvalue weighted by Crippen LogP contribution is -2.01. The summed E-state index contributed by atoms with van der Waals surface area (Å²) < 4.78 is 9.06. The van der Waals surface area contributed by atoms with Crippen LogP contribution in [0.2, 0.25) is 0 Å². The molecule has 0 unspecified atom stereocenters. The van der Waals surface area contributed by atoms with Crippen LogP contribution < -0.4 is 10.5 Å². The Morgan fingerprint density at radius 1 is 1.15 bits per heavy atom. The molecule has 0 aliphatic heterocycles. The average molecular weight is 397 g/mol. The van der Waals surface area contributed by atoms with Gasteiger partial charge >= 0.3 is 0 Å². The van der Waals surface area contributed by atoms with Gasteiger partial charge in [-0.2, -0.15) is 0 Å². The summed E-state index contributed by atoms with van der Waals surface area (Å²) in [5, 5.41) is 0. The number of ether oxygens (including phenoxy) is 1. The number of hydrogen-bond donors (Lipinski definition) is 1. The van der Waals surface area contributed by atoms with Crippen LogP contribution in [-0.2, 0) is 0 Å². The second-order valence-electron chi connectivity index (χ2n) is 4.26. The molecule has 0 saturated heterocycles. The molecule has 0 bridgehead atoms. The molecule has 0 aliphatic carbocycles. The first-order valence-electron chi connectivity index (χ1n) is 5.87. The van der Waals surface area contributed by atoms with Crippen LogP contribution in [0.25, 0.3) is 16.7 Å². The van der Waals surface area contributed by atoms with E-state index in [0.29, 0.717) is 5.95 Å². The van der Waals surface area contributed by atoms with Gasteiger partial charge in [0, 0.05) is 15.0 Å². The van der Waals surface area contributed by atoms with Crippen molar-refractivity contribution in [2.24, 2.45) is 0 Å². The van der Waals surface area contributed by atoms with Gasteiger partial charge in [0.15, 0.2) is 0 Å². The zero-order chi connectivity index (χ0) is 14.3. The number of aromatic nitrogens is 2. The number of methoxy groups -OCH3 is 1. The van der Waals surface area contributed by atoms with Crippen LogP contribution in [0, 0.1) is 0 Å². The molecule has 0 aliphatic rings. The Labute approximate surface area is 132 Å². The molecule has 0 radical (unpaired) electrons. The first-order valence-corrected chi connectivity index (χ1v) is 7.46. The summed E-state index contributed by atoms with van der Waals surface area (Å²) in [6.07, 6.45) is 0. The molecular formula is C14H11Br2N3O. The minimum atomic E-state index is 0.441. The van der Waals surface area contributed by atoms with Gasteiger partial charge in [0.25, 0.3) is 0 Å². The molecule has 1 aromatic heterocycles. The van der Waals surface area contributed by atoms with Crippen molar-refractivity contribution in [3.05, 3.63) is 45.3 Å². The number of nitrogens with zero attached hydrogens (tertiary/aromatic N) is 2. The van der Waals surface area contributed by atoms with Crippen molar-refractivity contribution in [1.29, 1.82) is 0 Å². The molecule has 3 aromatic rings. The third-order valence-electron chi connectivity index (χ3n) is 3.04. The second kappa shape index (κ2) is 5.10. The number of hydrogen-bond acceptors (Lipinski definition) is 3. The van der Waals surface area contributed by atoms with Crippen LogP contribution >= 0.6 is 31.9 Å². The van der Waals surface area contributed by atoms with E-state index in [0.717, 1.165) is 31.4 Å². The summed E-state index contributed by atoms with van der Waals surface area (Å²) in [5.41, 5.74) is 8.74. The fourth-order valence-electron chi connectivity index (χ4n) is 2.12. The van der Waals surface area contributed by atoms with Gasteiger partial charge < -0.3 is 10.5 Å². The molecule has 6 heteroatoms. The summed E-state index contributed by atoms with van der Waals surface area (Å²) in [5.74, 6) is 1.20. The highest BCUT2D eigenvalue weighted by Crippen LogP contribution is 2.31. The maximum Gasteiger partial charge on any atom is 0.205 e.